The Balaban J connectivity index is 1.94. The van der Waals surface area contributed by atoms with Gasteiger partial charge in [0.2, 0.25) is 15.9 Å². The first-order chi connectivity index (χ1) is 13.5. The van der Waals surface area contributed by atoms with Crippen molar-refractivity contribution in [3.63, 3.8) is 0 Å². The summed E-state index contributed by atoms with van der Waals surface area (Å²) in [5.74, 6) is -3.62. The van der Waals surface area contributed by atoms with E-state index in [0.29, 0.717) is 32.5 Å². The van der Waals surface area contributed by atoms with Crippen LogP contribution in [0.25, 0.3) is 0 Å². The molecule has 1 atom stereocenters. The monoisotopic (exact) mass is 431 g/mol. The molecule has 0 aliphatic carbocycles. The van der Waals surface area contributed by atoms with Gasteiger partial charge in [-0.15, -0.1) is 0 Å². The normalized spacial score (nSPS) is 17.2. The van der Waals surface area contributed by atoms with Crippen molar-refractivity contribution in [2.75, 3.05) is 25.9 Å². The maximum atomic E-state index is 13.8. The van der Waals surface area contributed by atoms with Crippen LogP contribution in [0.5, 0.6) is 0 Å². The zero-order valence-corrected chi connectivity index (χ0v) is 17.6. The van der Waals surface area contributed by atoms with Gasteiger partial charge in [0.15, 0.2) is 0 Å². The van der Waals surface area contributed by atoms with Crippen LogP contribution in [0.1, 0.15) is 37.0 Å². The molecule has 0 bridgehead atoms. The van der Waals surface area contributed by atoms with Gasteiger partial charge >= 0.3 is 0 Å². The molecule has 162 valence electrons. The molecule has 0 spiro atoms. The minimum Gasteiger partial charge on any atom is -0.354 e. The number of carbonyl (C=O) groups excluding carboxylic acids is 2. The van der Waals surface area contributed by atoms with Crippen molar-refractivity contribution in [3.05, 3.63) is 35.4 Å². The quantitative estimate of drug-likeness (QED) is 0.684. The molecule has 0 radical (unpaired) electrons. The van der Waals surface area contributed by atoms with Gasteiger partial charge in [-0.2, -0.15) is 0 Å². The highest BCUT2D eigenvalue weighted by atomic mass is 32.2. The van der Waals surface area contributed by atoms with Crippen LogP contribution >= 0.6 is 0 Å². The third kappa shape index (κ3) is 6.20. The molecule has 1 fully saturated rings. The lowest BCUT2D eigenvalue weighted by Gasteiger charge is -2.31. The SMILES string of the molecule is CC(C)[C@H](NC(=O)c1c(F)cccc1F)C(=O)NCC1CCN(S(C)(=O)=O)CC1. The van der Waals surface area contributed by atoms with Crippen LogP contribution in [0.4, 0.5) is 8.78 Å². The lowest BCUT2D eigenvalue weighted by atomic mass is 9.97. The molecule has 1 aliphatic rings. The third-order valence-corrected chi connectivity index (χ3v) is 6.34. The highest BCUT2D eigenvalue weighted by Gasteiger charge is 2.29. The van der Waals surface area contributed by atoms with Crippen molar-refractivity contribution < 1.29 is 26.8 Å². The van der Waals surface area contributed by atoms with Crippen LogP contribution in [0.3, 0.4) is 0 Å². The molecule has 0 saturated carbocycles. The number of hydrogen-bond donors (Lipinski definition) is 2. The molecule has 2 rings (SSSR count). The fraction of sp³-hybridized carbons (Fsp3) is 0.579. The summed E-state index contributed by atoms with van der Waals surface area (Å²) >= 11 is 0. The van der Waals surface area contributed by atoms with Crippen molar-refractivity contribution in [3.8, 4) is 0 Å². The van der Waals surface area contributed by atoms with E-state index in [2.05, 4.69) is 10.6 Å². The molecule has 1 aliphatic heterocycles. The Hall–Kier alpha value is -2.07. The Kier molecular flexibility index (Phi) is 7.70. The van der Waals surface area contributed by atoms with Crippen LogP contribution in [0, 0.1) is 23.5 Å². The number of benzene rings is 1. The molecule has 1 saturated heterocycles. The minimum absolute atomic E-state index is 0.115. The average Bonchev–Trinajstić information content (AvgIpc) is 2.63. The molecule has 2 N–H and O–H groups in total. The van der Waals surface area contributed by atoms with E-state index in [4.69, 9.17) is 0 Å². The van der Waals surface area contributed by atoms with Crippen LogP contribution < -0.4 is 10.6 Å². The summed E-state index contributed by atoms with van der Waals surface area (Å²) in [4.78, 5) is 24.9. The Morgan fingerprint density at radius 1 is 1.17 bits per heavy atom. The number of nitrogens with one attached hydrogen (secondary N) is 2. The lowest BCUT2D eigenvalue weighted by Crippen LogP contribution is -2.51. The summed E-state index contributed by atoms with van der Waals surface area (Å²) < 4.78 is 52.1. The zero-order chi connectivity index (χ0) is 21.8. The van der Waals surface area contributed by atoms with Gasteiger partial charge in [0.05, 0.1) is 6.26 Å². The standard InChI is InChI=1S/C19H27F2N3O4S/c1-12(2)17(23-18(25)16-14(20)5-4-6-15(16)21)19(26)22-11-13-7-9-24(10-8-13)29(3,27)28/h4-6,12-13,17H,7-11H2,1-3H3,(H,22,26)(H,23,25)/t17-/m0/s1. The molecule has 10 heteroatoms. The molecule has 1 aromatic rings. The molecule has 1 heterocycles. The summed E-state index contributed by atoms with van der Waals surface area (Å²) in [5, 5.41) is 5.17. The molecule has 0 unspecified atom stereocenters. The van der Waals surface area contributed by atoms with E-state index in [9.17, 15) is 26.8 Å². The highest BCUT2D eigenvalue weighted by molar-refractivity contribution is 7.88. The second-order valence-electron chi connectivity index (χ2n) is 7.64. The first kappa shape index (κ1) is 23.2. The van der Waals surface area contributed by atoms with Gasteiger partial charge in [0, 0.05) is 19.6 Å². The van der Waals surface area contributed by atoms with Crippen molar-refractivity contribution in [1.29, 1.82) is 0 Å². The molecular weight excluding hydrogens is 404 g/mol. The molecular formula is C19H27F2N3O4S. The van der Waals surface area contributed by atoms with Crippen molar-refractivity contribution in [2.24, 2.45) is 11.8 Å². The Morgan fingerprint density at radius 3 is 2.21 bits per heavy atom. The summed E-state index contributed by atoms with van der Waals surface area (Å²) in [6.45, 7) is 4.57. The fourth-order valence-corrected chi connectivity index (χ4v) is 4.14. The van der Waals surface area contributed by atoms with Gasteiger partial charge < -0.3 is 10.6 Å². The molecule has 7 nitrogen and oxygen atoms in total. The number of sulfonamides is 1. The van der Waals surface area contributed by atoms with Crippen molar-refractivity contribution >= 4 is 21.8 Å². The van der Waals surface area contributed by atoms with Crippen LogP contribution in [-0.4, -0.2) is 56.5 Å². The van der Waals surface area contributed by atoms with E-state index in [-0.39, 0.29) is 11.8 Å². The topological polar surface area (TPSA) is 95.6 Å². The van der Waals surface area contributed by atoms with E-state index < -0.39 is 45.1 Å². The van der Waals surface area contributed by atoms with E-state index >= 15 is 0 Å². The summed E-state index contributed by atoms with van der Waals surface area (Å²) in [6, 6.07) is 2.15. The van der Waals surface area contributed by atoms with Gasteiger partial charge in [-0.25, -0.2) is 21.5 Å². The first-order valence-corrected chi connectivity index (χ1v) is 11.3. The molecule has 29 heavy (non-hydrogen) atoms. The predicted octanol–water partition coefficient (Wildman–Crippen LogP) is 1.51. The van der Waals surface area contributed by atoms with E-state index in [0.717, 1.165) is 18.2 Å². The van der Waals surface area contributed by atoms with Crippen LogP contribution in [0.2, 0.25) is 0 Å². The van der Waals surface area contributed by atoms with Crippen LogP contribution in [0.15, 0.2) is 18.2 Å². The van der Waals surface area contributed by atoms with E-state index in [1.165, 1.54) is 10.6 Å². The van der Waals surface area contributed by atoms with Crippen LogP contribution in [-0.2, 0) is 14.8 Å². The van der Waals surface area contributed by atoms with Crippen molar-refractivity contribution in [1.82, 2.24) is 14.9 Å². The lowest BCUT2D eigenvalue weighted by molar-refractivity contribution is -0.124. The fourth-order valence-electron chi connectivity index (χ4n) is 3.26. The largest absolute Gasteiger partial charge is 0.354 e. The maximum absolute atomic E-state index is 13.8. The number of amides is 2. The Labute approximate surface area is 169 Å². The number of rotatable bonds is 7. The maximum Gasteiger partial charge on any atom is 0.257 e. The zero-order valence-electron chi connectivity index (χ0n) is 16.7. The van der Waals surface area contributed by atoms with E-state index in [1.807, 2.05) is 0 Å². The number of halogens is 2. The summed E-state index contributed by atoms with van der Waals surface area (Å²) in [7, 11) is -3.21. The first-order valence-electron chi connectivity index (χ1n) is 9.48. The Bertz CT molecular complexity index is 833. The van der Waals surface area contributed by atoms with Gasteiger partial charge in [0.1, 0.15) is 23.2 Å². The number of piperidine rings is 1. The number of nitrogens with zero attached hydrogens (tertiary/aromatic N) is 1. The number of hydrogen-bond acceptors (Lipinski definition) is 4. The molecule has 1 aromatic carbocycles. The Morgan fingerprint density at radius 2 is 1.72 bits per heavy atom. The average molecular weight is 432 g/mol. The van der Waals surface area contributed by atoms with Gasteiger partial charge in [-0.3, -0.25) is 9.59 Å². The molecule has 0 aromatic heterocycles. The second kappa shape index (κ2) is 9.62. The summed E-state index contributed by atoms with van der Waals surface area (Å²) in [5.41, 5.74) is -0.723. The van der Waals surface area contributed by atoms with Crippen molar-refractivity contribution in [2.45, 2.75) is 32.7 Å². The van der Waals surface area contributed by atoms with E-state index in [1.54, 1.807) is 13.8 Å². The smallest absolute Gasteiger partial charge is 0.257 e. The predicted molar refractivity (Wildman–Crippen MR) is 105 cm³/mol. The van der Waals surface area contributed by atoms with Gasteiger partial charge in [0.25, 0.3) is 5.91 Å². The molecule has 2 amide bonds. The second-order valence-corrected chi connectivity index (χ2v) is 9.62. The minimum atomic E-state index is -3.21. The number of carbonyl (C=O) groups is 2. The van der Waals surface area contributed by atoms with Gasteiger partial charge in [-0.1, -0.05) is 19.9 Å². The third-order valence-electron chi connectivity index (χ3n) is 5.03. The summed E-state index contributed by atoms with van der Waals surface area (Å²) in [6.07, 6.45) is 2.41. The van der Waals surface area contributed by atoms with Gasteiger partial charge in [-0.05, 0) is 36.8 Å². The highest BCUT2D eigenvalue weighted by Crippen LogP contribution is 2.19.